The van der Waals surface area contributed by atoms with Gasteiger partial charge in [-0.3, -0.25) is 4.79 Å². The van der Waals surface area contributed by atoms with Gasteiger partial charge in [-0.1, -0.05) is 23.7 Å². The largest absolute Gasteiger partial charge is 0.387 e. The van der Waals surface area contributed by atoms with Crippen LogP contribution in [-0.4, -0.2) is 42.1 Å². The molecule has 116 valence electrons. The molecule has 21 heavy (non-hydrogen) atoms. The summed E-state index contributed by atoms with van der Waals surface area (Å²) >= 11 is 5.85. The topological polar surface area (TPSA) is 52.6 Å². The molecule has 4 nitrogen and oxygen atoms in total. The van der Waals surface area contributed by atoms with E-state index in [-0.39, 0.29) is 11.8 Å². The first kappa shape index (κ1) is 16.3. The van der Waals surface area contributed by atoms with Crippen LogP contribution in [0.25, 0.3) is 0 Å². The van der Waals surface area contributed by atoms with E-state index in [1.165, 1.54) is 0 Å². The van der Waals surface area contributed by atoms with E-state index >= 15 is 0 Å². The summed E-state index contributed by atoms with van der Waals surface area (Å²) in [7, 11) is 0. The van der Waals surface area contributed by atoms with Gasteiger partial charge in [-0.25, -0.2) is 0 Å². The van der Waals surface area contributed by atoms with E-state index in [1.807, 2.05) is 19.1 Å². The Morgan fingerprint density at radius 3 is 2.57 bits per heavy atom. The summed E-state index contributed by atoms with van der Waals surface area (Å²) in [4.78, 5) is 14.0. The Kier molecular flexibility index (Phi) is 6.03. The third kappa shape index (κ3) is 4.70. The first-order chi connectivity index (χ1) is 10.1. The van der Waals surface area contributed by atoms with Crippen molar-refractivity contribution in [2.45, 2.75) is 25.9 Å². The molecular weight excluding hydrogens is 288 g/mol. The lowest BCUT2D eigenvalue weighted by Crippen LogP contribution is -2.41. The van der Waals surface area contributed by atoms with Gasteiger partial charge in [0.05, 0.1) is 6.10 Å². The van der Waals surface area contributed by atoms with Crippen LogP contribution in [0.1, 0.15) is 31.4 Å². The average Bonchev–Trinajstić information content (AvgIpc) is 2.49. The summed E-state index contributed by atoms with van der Waals surface area (Å²) in [5.74, 6) is 0.282. The Labute approximate surface area is 131 Å². The first-order valence-corrected chi connectivity index (χ1v) is 7.91. The number of aliphatic hydroxyl groups excluding tert-OH is 1. The molecule has 0 bridgehead atoms. The highest BCUT2D eigenvalue weighted by Gasteiger charge is 2.25. The number of likely N-dealkylation sites (tertiary alicyclic amines) is 1. The van der Waals surface area contributed by atoms with Crippen molar-refractivity contribution in [2.24, 2.45) is 5.92 Å². The van der Waals surface area contributed by atoms with E-state index in [1.54, 1.807) is 12.1 Å². The minimum atomic E-state index is -0.511. The van der Waals surface area contributed by atoms with Crippen molar-refractivity contribution >= 4 is 17.5 Å². The van der Waals surface area contributed by atoms with Crippen LogP contribution >= 0.6 is 11.6 Å². The Bertz CT molecular complexity index is 456. The van der Waals surface area contributed by atoms with Gasteiger partial charge in [0.2, 0.25) is 5.91 Å². The van der Waals surface area contributed by atoms with Crippen LogP contribution in [0, 0.1) is 5.92 Å². The van der Waals surface area contributed by atoms with Crippen molar-refractivity contribution in [3.05, 3.63) is 34.9 Å². The summed E-state index contributed by atoms with van der Waals surface area (Å²) in [6.07, 6.45) is 1.21. The number of rotatable bonds is 5. The number of nitrogens with one attached hydrogen (secondary N) is 1. The highest BCUT2D eigenvalue weighted by atomic mass is 35.5. The number of nitrogens with zero attached hydrogens (tertiary/aromatic N) is 1. The molecule has 1 unspecified atom stereocenters. The molecule has 1 atom stereocenters. The lowest BCUT2D eigenvalue weighted by atomic mass is 9.95. The van der Waals surface area contributed by atoms with Crippen molar-refractivity contribution < 1.29 is 9.90 Å². The molecule has 0 saturated carbocycles. The molecule has 1 aromatic rings. The zero-order valence-electron chi connectivity index (χ0n) is 12.4. The van der Waals surface area contributed by atoms with Gasteiger partial charge < -0.3 is 15.3 Å². The van der Waals surface area contributed by atoms with E-state index in [0.717, 1.165) is 31.5 Å². The monoisotopic (exact) mass is 310 g/mol. The van der Waals surface area contributed by atoms with Gasteiger partial charge in [-0.05, 0) is 50.6 Å². The molecule has 0 spiro atoms. The highest BCUT2D eigenvalue weighted by molar-refractivity contribution is 6.30. The molecular formula is C16H23ClN2O2. The van der Waals surface area contributed by atoms with Crippen LogP contribution in [0.2, 0.25) is 5.02 Å². The van der Waals surface area contributed by atoms with Gasteiger partial charge in [0, 0.05) is 24.0 Å². The number of hydrogen-bond donors (Lipinski definition) is 2. The fourth-order valence-electron chi connectivity index (χ4n) is 2.73. The number of amides is 1. The third-order valence-corrected chi connectivity index (χ3v) is 4.25. The maximum absolute atomic E-state index is 11.8. The number of benzene rings is 1. The number of carbonyl (C=O) groups is 1. The number of carbonyl (C=O) groups excluding carboxylic acids is 1. The Balaban J connectivity index is 1.80. The van der Waals surface area contributed by atoms with E-state index in [4.69, 9.17) is 11.6 Å². The van der Waals surface area contributed by atoms with Gasteiger partial charge in [0.1, 0.15) is 0 Å². The quantitative estimate of drug-likeness (QED) is 0.877. The van der Waals surface area contributed by atoms with Crippen LogP contribution in [0.3, 0.4) is 0 Å². The molecule has 5 heteroatoms. The predicted octanol–water partition coefficient (Wildman–Crippen LogP) is 2.22. The van der Waals surface area contributed by atoms with Gasteiger partial charge in [-0.15, -0.1) is 0 Å². The van der Waals surface area contributed by atoms with Gasteiger partial charge in [0.25, 0.3) is 0 Å². The number of β-amino-alcohol motifs (C(OH)–C–C–N with tert-alkyl or cyclic N) is 1. The van der Waals surface area contributed by atoms with Gasteiger partial charge in [0.15, 0.2) is 0 Å². The SMILES string of the molecule is CCNC(=O)C1CCN(CC(O)c2ccc(Cl)cc2)CC1. The minimum absolute atomic E-state index is 0.119. The second-order valence-corrected chi connectivity index (χ2v) is 5.97. The molecule has 1 heterocycles. The smallest absolute Gasteiger partial charge is 0.223 e. The molecule has 2 N–H and O–H groups in total. The average molecular weight is 311 g/mol. The van der Waals surface area contributed by atoms with E-state index in [0.29, 0.717) is 18.1 Å². The van der Waals surface area contributed by atoms with Crippen LogP contribution in [-0.2, 0) is 4.79 Å². The number of piperidine rings is 1. The fraction of sp³-hybridized carbons (Fsp3) is 0.562. The van der Waals surface area contributed by atoms with E-state index in [2.05, 4.69) is 10.2 Å². The molecule has 1 aliphatic heterocycles. The van der Waals surface area contributed by atoms with Crippen molar-refractivity contribution in [1.82, 2.24) is 10.2 Å². The summed E-state index contributed by atoms with van der Waals surface area (Å²) in [6.45, 7) is 4.94. The van der Waals surface area contributed by atoms with Crippen molar-refractivity contribution in [3.8, 4) is 0 Å². The van der Waals surface area contributed by atoms with E-state index in [9.17, 15) is 9.90 Å². The fourth-order valence-corrected chi connectivity index (χ4v) is 2.86. The van der Waals surface area contributed by atoms with Crippen LogP contribution < -0.4 is 5.32 Å². The first-order valence-electron chi connectivity index (χ1n) is 7.53. The molecule has 0 radical (unpaired) electrons. The van der Waals surface area contributed by atoms with Crippen molar-refractivity contribution in [3.63, 3.8) is 0 Å². The zero-order valence-corrected chi connectivity index (χ0v) is 13.1. The number of aliphatic hydroxyl groups is 1. The van der Waals surface area contributed by atoms with Gasteiger partial charge >= 0.3 is 0 Å². The lowest BCUT2D eigenvalue weighted by Gasteiger charge is -2.32. The summed E-state index contributed by atoms with van der Waals surface area (Å²) in [5, 5.41) is 13.8. The lowest BCUT2D eigenvalue weighted by molar-refractivity contribution is -0.126. The van der Waals surface area contributed by atoms with Crippen molar-refractivity contribution in [1.29, 1.82) is 0 Å². The second kappa shape index (κ2) is 7.78. The molecule has 1 amide bonds. The molecule has 0 aromatic heterocycles. The van der Waals surface area contributed by atoms with Crippen LogP contribution in [0.15, 0.2) is 24.3 Å². The molecule has 0 aliphatic carbocycles. The molecule has 1 saturated heterocycles. The van der Waals surface area contributed by atoms with Crippen LogP contribution in [0.4, 0.5) is 0 Å². The van der Waals surface area contributed by atoms with E-state index < -0.39 is 6.10 Å². The Morgan fingerprint density at radius 2 is 2.00 bits per heavy atom. The zero-order chi connectivity index (χ0) is 15.2. The Hall–Kier alpha value is -1.10. The summed E-state index contributed by atoms with van der Waals surface area (Å²) < 4.78 is 0. The van der Waals surface area contributed by atoms with Crippen LogP contribution in [0.5, 0.6) is 0 Å². The van der Waals surface area contributed by atoms with Gasteiger partial charge in [-0.2, -0.15) is 0 Å². The number of hydrogen-bond acceptors (Lipinski definition) is 3. The predicted molar refractivity (Wildman–Crippen MR) is 84.3 cm³/mol. The third-order valence-electron chi connectivity index (χ3n) is 4.00. The van der Waals surface area contributed by atoms with Crippen molar-refractivity contribution in [2.75, 3.05) is 26.2 Å². The molecule has 1 fully saturated rings. The number of halogens is 1. The minimum Gasteiger partial charge on any atom is -0.387 e. The Morgan fingerprint density at radius 1 is 1.38 bits per heavy atom. The second-order valence-electron chi connectivity index (χ2n) is 5.54. The highest BCUT2D eigenvalue weighted by Crippen LogP contribution is 2.22. The molecule has 1 aromatic carbocycles. The maximum atomic E-state index is 11.8. The standard InChI is InChI=1S/C16H23ClN2O2/c1-2-18-16(21)13-7-9-19(10-8-13)11-15(20)12-3-5-14(17)6-4-12/h3-6,13,15,20H,2,7-11H2,1H3,(H,18,21). The summed E-state index contributed by atoms with van der Waals surface area (Å²) in [6, 6.07) is 7.30. The normalized spacial score (nSPS) is 18.4. The molecule has 2 rings (SSSR count). The summed E-state index contributed by atoms with van der Waals surface area (Å²) in [5.41, 5.74) is 0.880. The maximum Gasteiger partial charge on any atom is 0.223 e. The molecule has 1 aliphatic rings.